The third kappa shape index (κ3) is 3.43. The highest BCUT2D eigenvalue weighted by Gasteiger charge is 2.08. The lowest BCUT2D eigenvalue weighted by Crippen LogP contribution is -2.18. The first-order chi connectivity index (χ1) is 9.10. The van der Waals surface area contributed by atoms with Crippen LogP contribution in [0.25, 0.3) is 0 Å². The van der Waals surface area contributed by atoms with Crippen LogP contribution in [0.3, 0.4) is 0 Å². The van der Waals surface area contributed by atoms with E-state index < -0.39 is 0 Å². The first-order valence-corrected chi connectivity index (χ1v) is 7.17. The zero-order valence-electron chi connectivity index (χ0n) is 10.5. The van der Waals surface area contributed by atoms with Gasteiger partial charge in [0.25, 0.3) is 0 Å². The van der Waals surface area contributed by atoms with E-state index in [0.29, 0.717) is 5.82 Å². The van der Waals surface area contributed by atoms with Crippen molar-refractivity contribution in [3.8, 4) is 6.19 Å². The van der Waals surface area contributed by atoms with Gasteiger partial charge in [-0.05, 0) is 22.0 Å². The number of thiophene rings is 1. The van der Waals surface area contributed by atoms with Gasteiger partial charge in [-0.15, -0.1) is 11.3 Å². The number of anilines is 2. The van der Waals surface area contributed by atoms with E-state index in [4.69, 9.17) is 5.26 Å². The van der Waals surface area contributed by atoms with Crippen molar-refractivity contribution in [3.05, 3.63) is 33.2 Å². The molecule has 0 aliphatic rings. The lowest BCUT2D eigenvalue weighted by molar-refractivity contribution is 0.901. The number of hydrogen-bond acceptors (Lipinski definition) is 6. The van der Waals surface area contributed by atoms with Crippen molar-refractivity contribution < 1.29 is 0 Å². The maximum absolute atomic E-state index is 8.85. The molecule has 0 fully saturated rings. The van der Waals surface area contributed by atoms with Crippen molar-refractivity contribution in [2.45, 2.75) is 6.54 Å². The summed E-state index contributed by atoms with van der Waals surface area (Å²) in [6, 6.07) is 3.89. The Morgan fingerprint density at radius 2 is 2.05 bits per heavy atom. The molecule has 0 aliphatic carbocycles. The monoisotopic (exact) mass is 337 g/mol. The van der Waals surface area contributed by atoms with Gasteiger partial charge in [0.1, 0.15) is 18.0 Å². The van der Waals surface area contributed by atoms with Crippen molar-refractivity contribution in [2.75, 3.05) is 23.9 Å². The van der Waals surface area contributed by atoms with Crippen molar-refractivity contribution in [1.82, 2.24) is 9.97 Å². The summed E-state index contributed by atoms with van der Waals surface area (Å²) >= 11 is 5.13. The van der Waals surface area contributed by atoms with E-state index in [1.54, 1.807) is 24.5 Å². The molecule has 2 aromatic heterocycles. The fourth-order valence-electron chi connectivity index (χ4n) is 1.53. The summed E-state index contributed by atoms with van der Waals surface area (Å²) in [6.45, 7) is 0.767. The molecule has 0 unspecified atom stereocenters. The minimum Gasteiger partial charge on any atom is -0.354 e. The molecule has 0 saturated carbocycles. The standard InChI is InChI=1S/C12H12BrN5S/c1-17(5-10-3-9(13)6-19-10)11-4-12(16-8-15-11)18(2)7-14/h3-4,6,8H,5H2,1-2H3. The molecule has 0 atom stereocenters. The van der Waals surface area contributed by atoms with Gasteiger partial charge in [-0.2, -0.15) is 5.26 Å². The summed E-state index contributed by atoms with van der Waals surface area (Å²) in [4.78, 5) is 13.0. The minimum absolute atomic E-state index is 0.590. The molecule has 0 amide bonds. The Hall–Kier alpha value is -1.65. The van der Waals surface area contributed by atoms with E-state index in [-0.39, 0.29) is 0 Å². The number of aromatic nitrogens is 2. The van der Waals surface area contributed by atoms with Crippen LogP contribution in [-0.4, -0.2) is 24.1 Å². The smallest absolute Gasteiger partial charge is 0.185 e. The average molecular weight is 338 g/mol. The third-order valence-electron chi connectivity index (χ3n) is 2.54. The van der Waals surface area contributed by atoms with E-state index >= 15 is 0 Å². The maximum atomic E-state index is 8.85. The molecule has 0 radical (unpaired) electrons. The SMILES string of the molecule is CN(C#N)c1cc(N(C)Cc2cc(Br)cs2)ncn1. The van der Waals surface area contributed by atoms with Crippen LogP contribution in [0.15, 0.2) is 28.3 Å². The van der Waals surface area contributed by atoms with Gasteiger partial charge in [0.2, 0.25) is 0 Å². The molecule has 2 heterocycles. The van der Waals surface area contributed by atoms with Crippen molar-refractivity contribution >= 4 is 38.9 Å². The fraction of sp³-hybridized carbons (Fsp3) is 0.250. The molecule has 0 aliphatic heterocycles. The Morgan fingerprint density at radius 1 is 1.32 bits per heavy atom. The second kappa shape index (κ2) is 5.99. The van der Waals surface area contributed by atoms with Crippen LogP contribution in [0.4, 0.5) is 11.6 Å². The van der Waals surface area contributed by atoms with Crippen molar-refractivity contribution in [3.63, 3.8) is 0 Å². The molecule has 0 bridgehead atoms. The zero-order valence-corrected chi connectivity index (χ0v) is 12.9. The fourth-order valence-corrected chi connectivity index (χ4v) is 3.04. The summed E-state index contributed by atoms with van der Waals surface area (Å²) in [7, 11) is 3.63. The largest absolute Gasteiger partial charge is 0.354 e. The number of nitrogens with zero attached hydrogens (tertiary/aromatic N) is 5. The van der Waals surface area contributed by atoms with Crippen LogP contribution < -0.4 is 9.80 Å². The molecular formula is C12H12BrN5S. The summed E-state index contributed by atoms with van der Waals surface area (Å²) in [5.74, 6) is 1.38. The molecular weight excluding hydrogens is 326 g/mol. The van der Waals surface area contributed by atoms with Crippen LogP contribution in [-0.2, 0) is 6.54 Å². The van der Waals surface area contributed by atoms with Gasteiger partial charge < -0.3 is 4.90 Å². The predicted molar refractivity (Wildman–Crippen MR) is 80.2 cm³/mol. The van der Waals surface area contributed by atoms with Crippen LogP contribution in [0, 0.1) is 11.5 Å². The number of rotatable bonds is 4. The van der Waals surface area contributed by atoms with E-state index in [0.717, 1.165) is 16.8 Å². The molecule has 2 rings (SSSR count). The summed E-state index contributed by atoms with van der Waals surface area (Å²) in [5.41, 5.74) is 0. The van der Waals surface area contributed by atoms with Crippen molar-refractivity contribution in [2.24, 2.45) is 0 Å². The van der Waals surface area contributed by atoms with Crippen molar-refractivity contribution in [1.29, 1.82) is 5.26 Å². The summed E-state index contributed by atoms with van der Waals surface area (Å²) in [5, 5.41) is 10.9. The average Bonchev–Trinajstić information content (AvgIpc) is 2.83. The lowest BCUT2D eigenvalue weighted by atomic mass is 10.4. The topological polar surface area (TPSA) is 56.1 Å². The zero-order chi connectivity index (χ0) is 13.8. The number of halogens is 1. The van der Waals surface area contributed by atoms with E-state index in [9.17, 15) is 0 Å². The maximum Gasteiger partial charge on any atom is 0.185 e. The van der Waals surface area contributed by atoms with Gasteiger partial charge in [0.15, 0.2) is 6.19 Å². The van der Waals surface area contributed by atoms with Gasteiger partial charge in [-0.1, -0.05) is 0 Å². The normalized spacial score (nSPS) is 10.0. The first-order valence-electron chi connectivity index (χ1n) is 5.49. The molecule has 0 spiro atoms. The van der Waals surface area contributed by atoms with Gasteiger partial charge in [-0.3, -0.25) is 4.90 Å². The van der Waals surface area contributed by atoms with Gasteiger partial charge in [0, 0.05) is 34.9 Å². The van der Waals surface area contributed by atoms with Crippen LogP contribution in [0.1, 0.15) is 4.88 Å². The number of nitriles is 1. The number of hydrogen-bond donors (Lipinski definition) is 0. The Bertz CT molecular complexity index is 606. The Balaban J connectivity index is 2.15. The van der Waals surface area contributed by atoms with Crippen LogP contribution in [0.2, 0.25) is 0 Å². The van der Waals surface area contributed by atoms with E-state index in [2.05, 4.69) is 37.3 Å². The highest BCUT2D eigenvalue weighted by atomic mass is 79.9. The Labute approximate surface area is 124 Å². The van der Waals surface area contributed by atoms with Crippen LogP contribution >= 0.6 is 27.3 Å². The summed E-state index contributed by atoms with van der Waals surface area (Å²) in [6.07, 6.45) is 3.49. The Morgan fingerprint density at radius 3 is 2.68 bits per heavy atom. The highest BCUT2D eigenvalue weighted by molar-refractivity contribution is 9.10. The minimum atomic E-state index is 0.590. The van der Waals surface area contributed by atoms with Gasteiger partial charge >= 0.3 is 0 Å². The molecule has 0 N–H and O–H groups in total. The summed E-state index contributed by atoms with van der Waals surface area (Å²) < 4.78 is 1.09. The third-order valence-corrected chi connectivity index (χ3v) is 4.22. The lowest BCUT2D eigenvalue weighted by Gasteiger charge is -2.18. The molecule has 7 heteroatoms. The van der Waals surface area contributed by atoms with E-state index in [1.807, 2.05) is 18.1 Å². The molecule has 0 saturated heterocycles. The predicted octanol–water partition coefficient (Wildman–Crippen LogP) is 2.85. The Kier molecular flexibility index (Phi) is 4.35. The second-order valence-corrected chi connectivity index (χ2v) is 5.89. The molecule has 19 heavy (non-hydrogen) atoms. The van der Waals surface area contributed by atoms with Crippen LogP contribution in [0.5, 0.6) is 0 Å². The molecule has 0 aromatic carbocycles. The second-order valence-electron chi connectivity index (χ2n) is 3.98. The van der Waals surface area contributed by atoms with Gasteiger partial charge in [-0.25, -0.2) is 9.97 Å². The molecule has 2 aromatic rings. The molecule has 98 valence electrons. The quantitative estimate of drug-likeness (QED) is 0.634. The van der Waals surface area contributed by atoms with E-state index in [1.165, 1.54) is 16.1 Å². The highest BCUT2D eigenvalue weighted by Crippen LogP contribution is 2.23. The van der Waals surface area contributed by atoms with Gasteiger partial charge in [0.05, 0.1) is 6.54 Å². The molecule has 5 nitrogen and oxygen atoms in total. The first kappa shape index (κ1) is 13.8.